The first-order valence-electron chi connectivity index (χ1n) is 5.58. The Balaban J connectivity index is 2.42. The highest BCUT2D eigenvalue weighted by molar-refractivity contribution is 6.27. The van der Waals surface area contributed by atoms with Crippen LogP contribution >= 0.6 is 0 Å². The van der Waals surface area contributed by atoms with Crippen molar-refractivity contribution in [2.24, 2.45) is 10.6 Å². The Morgan fingerprint density at radius 2 is 2.31 bits per heavy atom. The fourth-order valence-corrected chi connectivity index (χ4v) is 3.20. The SMILES string of the molecule is CC1(N=O)C=C2CCCC(C(=O)C=O)(C2)C1. The number of fused-ring (bicyclic) bond motifs is 2. The Bertz CT molecular complexity index is 388. The molecular formula is C12H15NO3. The van der Waals surface area contributed by atoms with Crippen molar-refractivity contribution < 1.29 is 9.59 Å². The van der Waals surface area contributed by atoms with E-state index in [0.717, 1.165) is 18.4 Å². The standard InChI is InChI=1S/C12H15NO3/c1-11(13-16)5-9-3-2-4-12(6-9,8-11)10(15)7-14/h5,7H,2-4,6,8H2,1H3. The van der Waals surface area contributed by atoms with Crippen LogP contribution in [0.25, 0.3) is 0 Å². The highest BCUT2D eigenvalue weighted by Crippen LogP contribution is 2.50. The topological polar surface area (TPSA) is 63.6 Å². The molecule has 0 aromatic heterocycles. The summed E-state index contributed by atoms with van der Waals surface area (Å²) >= 11 is 0. The van der Waals surface area contributed by atoms with Gasteiger partial charge in [-0.2, -0.15) is 0 Å². The fourth-order valence-electron chi connectivity index (χ4n) is 3.20. The van der Waals surface area contributed by atoms with Crippen LogP contribution in [0.4, 0.5) is 0 Å². The highest BCUT2D eigenvalue weighted by Gasteiger charge is 2.49. The zero-order valence-electron chi connectivity index (χ0n) is 9.36. The van der Waals surface area contributed by atoms with Gasteiger partial charge in [0, 0.05) is 5.41 Å². The third-order valence-electron chi connectivity index (χ3n) is 3.77. The molecule has 0 aromatic rings. The van der Waals surface area contributed by atoms with Gasteiger partial charge in [0.25, 0.3) is 0 Å². The van der Waals surface area contributed by atoms with Gasteiger partial charge >= 0.3 is 0 Å². The number of carbonyl (C=O) groups excluding carboxylic acids is 2. The number of nitroso groups, excluding NO2 is 1. The van der Waals surface area contributed by atoms with Crippen molar-refractivity contribution in [3.63, 3.8) is 0 Å². The molecule has 2 bridgehead atoms. The van der Waals surface area contributed by atoms with E-state index in [-0.39, 0.29) is 5.78 Å². The highest BCUT2D eigenvalue weighted by atomic mass is 16.3. The van der Waals surface area contributed by atoms with Crippen molar-refractivity contribution in [2.45, 2.75) is 44.6 Å². The molecule has 0 aromatic carbocycles. The minimum absolute atomic E-state index is 0.368. The van der Waals surface area contributed by atoms with Crippen LogP contribution < -0.4 is 0 Å². The Kier molecular flexibility index (Phi) is 2.52. The maximum atomic E-state index is 11.8. The van der Waals surface area contributed by atoms with E-state index < -0.39 is 11.0 Å². The molecular weight excluding hydrogens is 206 g/mol. The first-order chi connectivity index (χ1) is 7.53. The summed E-state index contributed by atoms with van der Waals surface area (Å²) in [6.45, 7) is 1.73. The zero-order valence-corrected chi connectivity index (χ0v) is 9.36. The molecule has 2 atom stereocenters. The van der Waals surface area contributed by atoms with E-state index in [2.05, 4.69) is 5.18 Å². The molecule has 0 spiro atoms. The van der Waals surface area contributed by atoms with Gasteiger partial charge in [-0.15, -0.1) is 4.91 Å². The van der Waals surface area contributed by atoms with Crippen LogP contribution in [0.1, 0.15) is 39.0 Å². The van der Waals surface area contributed by atoms with Gasteiger partial charge in [-0.05, 0) is 39.0 Å². The molecule has 0 saturated heterocycles. The minimum Gasteiger partial charge on any atom is -0.295 e. The second kappa shape index (κ2) is 3.61. The van der Waals surface area contributed by atoms with E-state index in [1.54, 1.807) is 6.92 Å². The second-order valence-corrected chi connectivity index (χ2v) is 5.22. The molecule has 1 fully saturated rings. The zero-order chi connectivity index (χ0) is 11.8. The van der Waals surface area contributed by atoms with E-state index in [1.165, 1.54) is 0 Å². The van der Waals surface area contributed by atoms with Gasteiger partial charge in [0.05, 0.1) is 0 Å². The van der Waals surface area contributed by atoms with E-state index in [4.69, 9.17) is 0 Å². The van der Waals surface area contributed by atoms with Crippen molar-refractivity contribution in [1.82, 2.24) is 0 Å². The lowest BCUT2D eigenvalue weighted by molar-refractivity contribution is -0.138. The molecule has 16 heavy (non-hydrogen) atoms. The molecule has 0 aliphatic heterocycles. The predicted molar refractivity (Wildman–Crippen MR) is 58.9 cm³/mol. The van der Waals surface area contributed by atoms with Gasteiger partial charge in [0.15, 0.2) is 6.29 Å². The van der Waals surface area contributed by atoms with Crippen LogP contribution in [0.3, 0.4) is 0 Å². The van der Waals surface area contributed by atoms with Gasteiger partial charge in [0.2, 0.25) is 5.78 Å². The van der Waals surface area contributed by atoms with E-state index >= 15 is 0 Å². The summed E-state index contributed by atoms with van der Waals surface area (Å²) in [5.41, 5.74) is -0.353. The normalized spacial score (nSPS) is 37.4. The van der Waals surface area contributed by atoms with E-state index in [0.29, 0.717) is 25.5 Å². The number of Topliss-reactive ketones (excluding diaryl/α,β-unsaturated/α-hetero) is 1. The summed E-state index contributed by atoms with van der Waals surface area (Å²) in [4.78, 5) is 33.4. The first kappa shape index (κ1) is 11.2. The molecule has 0 N–H and O–H groups in total. The van der Waals surface area contributed by atoms with Crippen LogP contribution in [0.5, 0.6) is 0 Å². The number of carbonyl (C=O) groups is 2. The number of aldehydes is 1. The summed E-state index contributed by atoms with van der Waals surface area (Å²) in [6.07, 6.45) is 5.83. The van der Waals surface area contributed by atoms with Crippen LogP contribution in [0, 0.1) is 10.3 Å². The van der Waals surface area contributed by atoms with Gasteiger partial charge in [-0.25, -0.2) is 0 Å². The number of ketones is 1. The quantitative estimate of drug-likeness (QED) is 0.317. The number of hydrogen-bond acceptors (Lipinski definition) is 4. The Morgan fingerprint density at radius 3 is 2.94 bits per heavy atom. The average Bonchev–Trinajstić information content (AvgIpc) is 2.27. The van der Waals surface area contributed by atoms with Gasteiger partial charge in [-0.3, -0.25) is 9.59 Å². The van der Waals surface area contributed by atoms with Crippen LogP contribution in [0.15, 0.2) is 16.8 Å². The van der Waals surface area contributed by atoms with Crippen molar-refractivity contribution in [2.75, 3.05) is 0 Å². The second-order valence-electron chi connectivity index (χ2n) is 5.22. The fraction of sp³-hybridized carbons (Fsp3) is 0.667. The molecule has 86 valence electrons. The van der Waals surface area contributed by atoms with Crippen LogP contribution in [-0.2, 0) is 9.59 Å². The minimum atomic E-state index is -0.813. The lowest BCUT2D eigenvalue weighted by atomic mass is 9.60. The lowest BCUT2D eigenvalue weighted by Gasteiger charge is -2.43. The molecule has 2 aliphatic rings. The number of nitrogens with zero attached hydrogens (tertiary/aromatic N) is 1. The van der Waals surface area contributed by atoms with Crippen molar-refractivity contribution in [3.05, 3.63) is 16.6 Å². The van der Waals surface area contributed by atoms with Gasteiger partial charge in [-0.1, -0.05) is 16.8 Å². The summed E-state index contributed by atoms with van der Waals surface area (Å²) in [7, 11) is 0. The Hall–Kier alpha value is -1.32. The van der Waals surface area contributed by atoms with Crippen LogP contribution in [0.2, 0.25) is 0 Å². The van der Waals surface area contributed by atoms with Crippen molar-refractivity contribution in [3.8, 4) is 0 Å². The Morgan fingerprint density at radius 1 is 1.56 bits per heavy atom. The summed E-state index contributed by atoms with van der Waals surface area (Å²) in [5.74, 6) is -0.368. The summed E-state index contributed by atoms with van der Waals surface area (Å²) in [6, 6.07) is 0. The summed E-state index contributed by atoms with van der Waals surface area (Å²) in [5, 5.41) is 3.13. The van der Waals surface area contributed by atoms with Crippen molar-refractivity contribution in [1.29, 1.82) is 0 Å². The smallest absolute Gasteiger partial charge is 0.201 e. The number of hydrogen-bond donors (Lipinski definition) is 0. The number of allylic oxidation sites excluding steroid dienone is 1. The van der Waals surface area contributed by atoms with Crippen LogP contribution in [-0.4, -0.2) is 17.6 Å². The maximum Gasteiger partial charge on any atom is 0.201 e. The molecule has 2 aliphatic carbocycles. The third kappa shape index (κ3) is 1.62. The molecule has 2 rings (SSSR count). The summed E-state index contributed by atoms with van der Waals surface area (Å²) < 4.78 is 0. The molecule has 4 nitrogen and oxygen atoms in total. The van der Waals surface area contributed by atoms with Crippen molar-refractivity contribution >= 4 is 12.1 Å². The molecule has 0 heterocycles. The lowest BCUT2D eigenvalue weighted by Crippen LogP contribution is -2.44. The molecule has 2 unspecified atom stereocenters. The first-order valence-corrected chi connectivity index (χ1v) is 5.58. The van der Waals surface area contributed by atoms with E-state index in [1.807, 2.05) is 6.08 Å². The third-order valence-corrected chi connectivity index (χ3v) is 3.77. The van der Waals surface area contributed by atoms with Gasteiger partial charge in [0.1, 0.15) is 5.54 Å². The molecule has 0 amide bonds. The maximum absolute atomic E-state index is 11.8. The molecule has 0 radical (unpaired) electrons. The van der Waals surface area contributed by atoms with E-state index in [9.17, 15) is 14.5 Å². The number of rotatable bonds is 3. The largest absolute Gasteiger partial charge is 0.295 e. The molecule has 4 heteroatoms. The predicted octanol–water partition coefficient (Wildman–Crippen LogP) is 2.17. The Labute approximate surface area is 94.1 Å². The monoisotopic (exact) mass is 221 g/mol. The molecule has 1 saturated carbocycles. The van der Waals surface area contributed by atoms with Gasteiger partial charge < -0.3 is 0 Å². The average molecular weight is 221 g/mol.